The Bertz CT molecular complexity index is 1040. The third-order valence-electron chi connectivity index (χ3n) is 6.21. The zero-order chi connectivity index (χ0) is 24.0. The molecule has 1 N–H and O–H groups in total. The van der Waals surface area contributed by atoms with Crippen LogP contribution >= 0.6 is 0 Å². The second kappa shape index (κ2) is 11.0. The van der Waals surface area contributed by atoms with Gasteiger partial charge in [0.2, 0.25) is 15.9 Å². The van der Waals surface area contributed by atoms with Gasteiger partial charge < -0.3 is 10.2 Å². The van der Waals surface area contributed by atoms with Gasteiger partial charge in [-0.1, -0.05) is 31.2 Å². The molecule has 6 nitrogen and oxygen atoms in total. The van der Waals surface area contributed by atoms with Crippen LogP contribution in [0, 0.1) is 11.7 Å². The van der Waals surface area contributed by atoms with Gasteiger partial charge in [0, 0.05) is 31.7 Å². The molecule has 1 aliphatic rings. The van der Waals surface area contributed by atoms with Crippen molar-refractivity contribution in [3.63, 3.8) is 0 Å². The molecule has 33 heavy (non-hydrogen) atoms. The van der Waals surface area contributed by atoms with Crippen molar-refractivity contribution in [2.75, 3.05) is 35.1 Å². The lowest BCUT2D eigenvalue weighted by atomic mass is 9.98. The fourth-order valence-corrected chi connectivity index (χ4v) is 5.11. The number of carbonyl (C=O) groups excluding carboxylic acids is 1. The van der Waals surface area contributed by atoms with E-state index in [0.717, 1.165) is 35.1 Å². The monoisotopic (exact) mass is 475 g/mol. The minimum Gasteiger partial charge on any atom is -0.372 e. The van der Waals surface area contributed by atoms with Gasteiger partial charge in [0.25, 0.3) is 0 Å². The summed E-state index contributed by atoms with van der Waals surface area (Å²) in [6.45, 7) is 6.40. The van der Waals surface area contributed by atoms with Crippen molar-refractivity contribution < 1.29 is 17.6 Å². The highest BCUT2D eigenvalue weighted by molar-refractivity contribution is 7.92. The van der Waals surface area contributed by atoms with Crippen molar-refractivity contribution in [3.8, 4) is 0 Å². The summed E-state index contributed by atoms with van der Waals surface area (Å²) in [7, 11) is -3.66. The number of nitrogens with one attached hydrogen (secondary N) is 1. The maximum Gasteiger partial charge on any atom is 0.232 e. The molecule has 1 saturated heterocycles. The van der Waals surface area contributed by atoms with Crippen LogP contribution < -0.4 is 14.5 Å². The number of benzene rings is 2. The Hall–Kier alpha value is -2.61. The smallest absolute Gasteiger partial charge is 0.232 e. The first-order chi connectivity index (χ1) is 15.6. The van der Waals surface area contributed by atoms with E-state index in [1.54, 1.807) is 6.07 Å². The first-order valence-corrected chi connectivity index (χ1v) is 13.4. The number of para-hydroxylation sites is 1. The number of rotatable bonds is 9. The average molecular weight is 476 g/mol. The summed E-state index contributed by atoms with van der Waals surface area (Å²) in [6, 6.07) is 13.9. The van der Waals surface area contributed by atoms with Crippen LogP contribution in [0.2, 0.25) is 0 Å². The van der Waals surface area contributed by atoms with Gasteiger partial charge in [-0.25, -0.2) is 12.8 Å². The van der Waals surface area contributed by atoms with Crippen molar-refractivity contribution >= 4 is 27.3 Å². The number of anilines is 2. The van der Waals surface area contributed by atoms with Gasteiger partial charge in [0.05, 0.1) is 18.0 Å². The molecule has 3 rings (SSSR count). The Morgan fingerprint density at radius 1 is 1.15 bits per heavy atom. The molecule has 2 aromatic rings. The summed E-state index contributed by atoms with van der Waals surface area (Å²) < 4.78 is 39.4. The molecule has 0 bridgehead atoms. The molecule has 0 unspecified atom stereocenters. The highest BCUT2D eigenvalue weighted by Gasteiger charge is 2.21. The number of sulfonamides is 1. The van der Waals surface area contributed by atoms with Crippen LogP contribution in [0.5, 0.6) is 0 Å². The van der Waals surface area contributed by atoms with Crippen molar-refractivity contribution in [1.82, 2.24) is 5.32 Å². The molecule has 8 heteroatoms. The van der Waals surface area contributed by atoms with Crippen molar-refractivity contribution in [1.29, 1.82) is 0 Å². The standard InChI is InChI=1S/C25H34FN3O3S/c1-19-14-17-28(18-15-19)22-12-10-21(11-13-22)20(2)27-25(30)9-6-16-29(33(3,31)32)24-8-5-4-7-23(24)26/h4-5,7-8,10-13,19-20H,6,9,14-18H2,1-3H3,(H,27,30)/t20-/m0/s1. The molecule has 1 atom stereocenters. The second-order valence-electron chi connectivity index (χ2n) is 8.94. The number of piperidine rings is 1. The van der Waals surface area contributed by atoms with E-state index in [4.69, 9.17) is 0 Å². The number of halogens is 1. The third kappa shape index (κ3) is 6.93. The van der Waals surface area contributed by atoms with Crippen molar-refractivity contribution in [2.24, 2.45) is 5.92 Å². The molecule has 180 valence electrons. The first-order valence-electron chi connectivity index (χ1n) is 11.5. The molecule has 1 aliphatic heterocycles. The second-order valence-corrected chi connectivity index (χ2v) is 10.8. The quantitative estimate of drug-likeness (QED) is 0.580. The van der Waals surface area contributed by atoms with Crippen LogP contribution in [0.1, 0.15) is 51.1 Å². The number of amides is 1. The van der Waals surface area contributed by atoms with E-state index in [9.17, 15) is 17.6 Å². The minimum absolute atomic E-state index is 0.00275. The van der Waals surface area contributed by atoms with E-state index < -0.39 is 15.8 Å². The fraction of sp³-hybridized carbons (Fsp3) is 0.480. The van der Waals surface area contributed by atoms with Crippen LogP contribution in [-0.2, 0) is 14.8 Å². The maximum absolute atomic E-state index is 14.1. The van der Waals surface area contributed by atoms with Gasteiger partial charge in [-0.15, -0.1) is 0 Å². The van der Waals surface area contributed by atoms with Crippen LogP contribution in [0.15, 0.2) is 48.5 Å². The zero-order valence-electron chi connectivity index (χ0n) is 19.6. The summed E-state index contributed by atoms with van der Waals surface area (Å²) in [6.07, 6.45) is 3.89. The Kier molecular flexibility index (Phi) is 8.35. The van der Waals surface area contributed by atoms with E-state index in [1.807, 2.05) is 19.1 Å². The largest absolute Gasteiger partial charge is 0.372 e. The van der Waals surface area contributed by atoms with Crippen LogP contribution in [0.4, 0.5) is 15.8 Å². The Morgan fingerprint density at radius 3 is 2.39 bits per heavy atom. The molecule has 0 spiro atoms. The van der Waals surface area contributed by atoms with Gasteiger partial charge in [-0.2, -0.15) is 0 Å². The SMILES string of the molecule is CC1CCN(c2ccc([C@H](C)NC(=O)CCCN(c3ccccc3F)S(C)(=O)=O)cc2)CC1. The summed E-state index contributed by atoms with van der Waals surface area (Å²) in [5, 5.41) is 2.97. The van der Waals surface area contributed by atoms with Gasteiger partial charge in [0.1, 0.15) is 5.82 Å². The molecule has 0 saturated carbocycles. The lowest BCUT2D eigenvalue weighted by molar-refractivity contribution is -0.121. The average Bonchev–Trinajstić information content (AvgIpc) is 2.77. The van der Waals surface area contributed by atoms with Crippen molar-refractivity contribution in [3.05, 3.63) is 59.9 Å². The number of nitrogens with zero attached hydrogens (tertiary/aromatic N) is 2. The number of hydrogen-bond acceptors (Lipinski definition) is 4. The minimum atomic E-state index is -3.66. The molecule has 0 radical (unpaired) electrons. The van der Waals surface area contributed by atoms with E-state index in [2.05, 4.69) is 29.3 Å². The molecule has 1 heterocycles. The zero-order valence-corrected chi connectivity index (χ0v) is 20.4. The van der Waals surface area contributed by atoms with Gasteiger partial charge in [-0.3, -0.25) is 9.10 Å². The predicted molar refractivity (Wildman–Crippen MR) is 131 cm³/mol. The summed E-state index contributed by atoms with van der Waals surface area (Å²) in [5.41, 5.74) is 2.22. The molecular weight excluding hydrogens is 441 g/mol. The molecule has 1 amide bonds. The highest BCUT2D eigenvalue weighted by atomic mass is 32.2. The van der Waals surface area contributed by atoms with Gasteiger partial charge in [0.15, 0.2) is 0 Å². The highest BCUT2D eigenvalue weighted by Crippen LogP contribution is 2.25. The molecule has 0 aromatic heterocycles. The van der Waals surface area contributed by atoms with Gasteiger partial charge >= 0.3 is 0 Å². The summed E-state index contributed by atoms with van der Waals surface area (Å²) in [4.78, 5) is 14.8. The Morgan fingerprint density at radius 2 is 1.79 bits per heavy atom. The lowest BCUT2D eigenvalue weighted by Crippen LogP contribution is -2.33. The summed E-state index contributed by atoms with van der Waals surface area (Å²) in [5.74, 6) is 0.00841. The Balaban J connectivity index is 1.51. The van der Waals surface area contributed by atoms with Crippen LogP contribution in [0.25, 0.3) is 0 Å². The molecule has 1 fully saturated rings. The van der Waals surface area contributed by atoms with Crippen LogP contribution in [0.3, 0.4) is 0 Å². The van der Waals surface area contributed by atoms with E-state index >= 15 is 0 Å². The number of hydrogen-bond donors (Lipinski definition) is 1. The van der Waals surface area contributed by atoms with Crippen molar-refractivity contribution in [2.45, 2.75) is 45.6 Å². The maximum atomic E-state index is 14.1. The molecule has 2 aromatic carbocycles. The van der Waals surface area contributed by atoms with E-state index in [-0.39, 0.29) is 37.0 Å². The lowest BCUT2D eigenvalue weighted by Gasteiger charge is -2.32. The first kappa shape index (κ1) is 25.0. The normalized spacial score (nSPS) is 15.8. The van der Waals surface area contributed by atoms with Gasteiger partial charge in [-0.05, 0) is 61.9 Å². The summed E-state index contributed by atoms with van der Waals surface area (Å²) >= 11 is 0. The molecule has 0 aliphatic carbocycles. The number of carbonyl (C=O) groups is 1. The fourth-order valence-electron chi connectivity index (χ4n) is 4.14. The predicted octanol–water partition coefficient (Wildman–Crippen LogP) is 4.49. The van der Waals surface area contributed by atoms with E-state index in [0.29, 0.717) is 0 Å². The molecular formula is C25H34FN3O3S. The van der Waals surface area contributed by atoms with E-state index in [1.165, 1.54) is 36.7 Å². The topological polar surface area (TPSA) is 69.7 Å². The Labute approximate surface area is 196 Å². The third-order valence-corrected chi connectivity index (χ3v) is 7.39. The van der Waals surface area contributed by atoms with Crippen LogP contribution in [-0.4, -0.2) is 40.2 Å².